The Balaban J connectivity index is 0.00000264. The average Bonchev–Trinajstić information content (AvgIpc) is 2.42. The Morgan fingerprint density at radius 2 is 1.87 bits per heavy atom. The third-order valence-corrected chi connectivity index (χ3v) is 4.31. The van der Waals surface area contributed by atoms with Gasteiger partial charge in [0.25, 0.3) is 0 Å². The highest BCUT2D eigenvalue weighted by Crippen LogP contribution is 2.28. The van der Waals surface area contributed by atoms with Gasteiger partial charge >= 0.3 is 0 Å². The van der Waals surface area contributed by atoms with Crippen molar-refractivity contribution in [2.24, 2.45) is 5.73 Å². The molecular weight excluding hydrogens is 345 g/mol. The summed E-state index contributed by atoms with van der Waals surface area (Å²) >= 11 is 0. The van der Waals surface area contributed by atoms with Crippen LogP contribution in [0.1, 0.15) is 32.1 Å². The van der Waals surface area contributed by atoms with Gasteiger partial charge in [-0.2, -0.15) is 0 Å². The van der Waals surface area contributed by atoms with Crippen LogP contribution in [0.5, 0.6) is 0 Å². The number of hydrogen-bond acceptors (Lipinski definition) is 4. The highest BCUT2D eigenvalue weighted by molar-refractivity contribution is 7.92. The Kier molecular flexibility index (Phi) is 6.38. The largest absolute Gasteiger partial charge is 0.324 e. The Hall–Kier alpha value is -1.38. The number of halogens is 2. The molecular formula is C14H21ClFN3O3S. The molecule has 130 valence electrons. The maximum atomic E-state index is 13.6. The molecule has 0 heterocycles. The number of sulfonamides is 1. The summed E-state index contributed by atoms with van der Waals surface area (Å²) in [6.45, 7) is 0. The molecule has 0 aliphatic heterocycles. The smallest absolute Gasteiger partial charge is 0.244 e. The van der Waals surface area contributed by atoms with Gasteiger partial charge in [0.1, 0.15) is 5.82 Å². The summed E-state index contributed by atoms with van der Waals surface area (Å²) in [5.41, 5.74) is 5.29. The lowest BCUT2D eigenvalue weighted by molar-refractivity contribution is -0.122. The van der Waals surface area contributed by atoms with E-state index in [4.69, 9.17) is 5.73 Å². The molecule has 9 heteroatoms. The first-order valence-electron chi connectivity index (χ1n) is 7.07. The van der Waals surface area contributed by atoms with Gasteiger partial charge < -0.3 is 11.1 Å². The lowest BCUT2D eigenvalue weighted by Crippen LogP contribution is -2.52. The number of rotatable bonds is 4. The molecule has 0 spiro atoms. The van der Waals surface area contributed by atoms with Crippen molar-refractivity contribution in [3.8, 4) is 0 Å². The number of amides is 1. The van der Waals surface area contributed by atoms with E-state index in [-0.39, 0.29) is 24.0 Å². The van der Waals surface area contributed by atoms with Crippen molar-refractivity contribution in [2.45, 2.75) is 37.6 Å². The number of benzene rings is 1. The zero-order valence-electron chi connectivity index (χ0n) is 12.8. The first-order chi connectivity index (χ1) is 10.2. The average molecular weight is 366 g/mol. The minimum atomic E-state index is -3.60. The van der Waals surface area contributed by atoms with E-state index in [0.717, 1.165) is 31.6 Å². The van der Waals surface area contributed by atoms with Crippen LogP contribution in [0.25, 0.3) is 0 Å². The molecule has 0 saturated heterocycles. The van der Waals surface area contributed by atoms with Crippen LogP contribution in [-0.2, 0) is 14.8 Å². The predicted molar refractivity (Wildman–Crippen MR) is 90.7 cm³/mol. The van der Waals surface area contributed by atoms with E-state index in [9.17, 15) is 17.6 Å². The quantitative estimate of drug-likeness (QED) is 0.761. The summed E-state index contributed by atoms with van der Waals surface area (Å²) in [6.07, 6.45) is 4.99. The SMILES string of the molecule is CS(=O)(=O)Nc1cc(NC(=O)C2(N)CCCCC2)ccc1F.Cl. The first kappa shape index (κ1) is 19.7. The lowest BCUT2D eigenvalue weighted by Gasteiger charge is -2.31. The fraction of sp³-hybridized carbons (Fsp3) is 0.500. The normalized spacial score (nSPS) is 17.0. The van der Waals surface area contributed by atoms with E-state index in [1.165, 1.54) is 12.1 Å². The van der Waals surface area contributed by atoms with Crippen molar-refractivity contribution >= 4 is 39.7 Å². The molecule has 1 fully saturated rings. The van der Waals surface area contributed by atoms with Gasteiger partial charge in [-0.15, -0.1) is 12.4 Å². The van der Waals surface area contributed by atoms with Crippen LogP contribution in [0, 0.1) is 5.82 Å². The maximum absolute atomic E-state index is 13.6. The topological polar surface area (TPSA) is 101 Å². The first-order valence-corrected chi connectivity index (χ1v) is 8.96. The van der Waals surface area contributed by atoms with E-state index < -0.39 is 21.4 Å². The van der Waals surface area contributed by atoms with E-state index >= 15 is 0 Å². The minimum absolute atomic E-state index is 0. The summed E-state index contributed by atoms with van der Waals surface area (Å²) in [6, 6.07) is 3.69. The molecule has 0 aromatic heterocycles. The van der Waals surface area contributed by atoms with Crippen LogP contribution in [0.15, 0.2) is 18.2 Å². The molecule has 0 bridgehead atoms. The second-order valence-corrected chi connectivity index (χ2v) is 7.49. The molecule has 1 aliphatic carbocycles. The van der Waals surface area contributed by atoms with Gasteiger partial charge in [-0.3, -0.25) is 9.52 Å². The van der Waals surface area contributed by atoms with Crippen molar-refractivity contribution in [3.05, 3.63) is 24.0 Å². The molecule has 1 aromatic carbocycles. The number of nitrogens with two attached hydrogens (primary N) is 1. The summed E-state index contributed by atoms with van der Waals surface area (Å²) in [5, 5.41) is 2.64. The van der Waals surface area contributed by atoms with Gasteiger partial charge in [-0.05, 0) is 31.0 Å². The minimum Gasteiger partial charge on any atom is -0.324 e. The van der Waals surface area contributed by atoms with Gasteiger partial charge in [0, 0.05) is 5.69 Å². The highest BCUT2D eigenvalue weighted by atomic mass is 35.5. The Morgan fingerprint density at radius 1 is 1.26 bits per heavy atom. The number of carbonyl (C=O) groups excluding carboxylic acids is 1. The number of hydrogen-bond donors (Lipinski definition) is 3. The molecule has 0 unspecified atom stereocenters. The van der Waals surface area contributed by atoms with Crippen LogP contribution in [-0.4, -0.2) is 26.1 Å². The Labute approximate surface area is 141 Å². The van der Waals surface area contributed by atoms with Crippen LogP contribution in [0.2, 0.25) is 0 Å². The third-order valence-electron chi connectivity index (χ3n) is 3.72. The summed E-state index contributed by atoms with van der Waals surface area (Å²) in [7, 11) is -3.60. The van der Waals surface area contributed by atoms with Crippen LogP contribution < -0.4 is 15.8 Å². The van der Waals surface area contributed by atoms with Crippen molar-refractivity contribution in [3.63, 3.8) is 0 Å². The highest BCUT2D eigenvalue weighted by Gasteiger charge is 2.35. The fourth-order valence-corrected chi connectivity index (χ4v) is 3.10. The van der Waals surface area contributed by atoms with Crippen LogP contribution in [0.4, 0.5) is 15.8 Å². The van der Waals surface area contributed by atoms with Crippen molar-refractivity contribution in [1.29, 1.82) is 0 Å². The molecule has 1 aromatic rings. The van der Waals surface area contributed by atoms with Crippen molar-refractivity contribution in [2.75, 3.05) is 16.3 Å². The monoisotopic (exact) mass is 365 g/mol. The van der Waals surface area contributed by atoms with Crippen LogP contribution >= 0.6 is 12.4 Å². The van der Waals surface area contributed by atoms with Gasteiger partial charge in [0.15, 0.2) is 0 Å². The lowest BCUT2D eigenvalue weighted by atomic mass is 9.82. The second-order valence-electron chi connectivity index (χ2n) is 5.74. The number of carbonyl (C=O) groups is 1. The predicted octanol–water partition coefficient (Wildman–Crippen LogP) is 2.22. The van der Waals surface area contributed by atoms with Crippen LogP contribution in [0.3, 0.4) is 0 Å². The summed E-state index contributed by atoms with van der Waals surface area (Å²) < 4.78 is 38.1. The van der Waals surface area contributed by atoms with Gasteiger partial charge in [0.2, 0.25) is 15.9 Å². The molecule has 4 N–H and O–H groups in total. The maximum Gasteiger partial charge on any atom is 0.244 e. The summed E-state index contributed by atoms with van der Waals surface area (Å²) in [5.74, 6) is -1.05. The zero-order valence-corrected chi connectivity index (χ0v) is 14.4. The zero-order chi connectivity index (χ0) is 16.4. The van der Waals surface area contributed by atoms with Gasteiger partial charge in [-0.25, -0.2) is 12.8 Å². The van der Waals surface area contributed by atoms with E-state index in [1.54, 1.807) is 0 Å². The molecule has 6 nitrogen and oxygen atoms in total. The fourth-order valence-electron chi connectivity index (χ4n) is 2.55. The van der Waals surface area contributed by atoms with Gasteiger partial charge in [-0.1, -0.05) is 19.3 Å². The Bertz CT molecular complexity index is 676. The summed E-state index contributed by atoms with van der Waals surface area (Å²) in [4.78, 5) is 12.3. The molecule has 1 saturated carbocycles. The molecule has 0 atom stereocenters. The van der Waals surface area contributed by atoms with Crippen molar-refractivity contribution in [1.82, 2.24) is 0 Å². The molecule has 0 radical (unpaired) electrons. The molecule has 23 heavy (non-hydrogen) atoms. The number of anilines is 2. The second kappa shape index (κ2) is 7.46. The van der Waals surface area contributed by atoms with E-state index in [0.29, 0.717) is 18.5 Å². The van der Waals surface area contributed by atoms with Crippen molar-refractivity contribution < 1.29 is 17.6 Å². The Morgan fingerprint density at radius 3 is 2.43 bits per heavy atom. The standard InChI is InChI=1S/C14H20FN3O3S.ClH/c1-22(20,21)18-12-9-10(5-6-11(12)15)17-13(19)14(16)7-3-2-4-8-14;/h5-6,9,18H,2-4,7-8,16H2,1H3,(H,17,19);1H. The third kappa shape index (κ3) is 5.33. The number of nitrogens with one attached hydrogen (secondary N) is 2. The molecule has 2 rings (SSSR count). The van der Waals surface area contributed by atoms with E-state index in [2.05, 4.69) is 10.0 Å². The molecule has 1 aliphatic rings. The molecule has 1 amide bonds. The van der Waals surface area contributed by atoms with Gasteiger partial charge in [0.05, 0.1) is 17.5 Å². The van der Waals surface area contributed by atoms with E-state index in [1.807, 2.05) is 0 Å².